The summed E-state index contributed by atoms with van der Waals surface area (Å²) in [5, 5.41) is 12.1. The second kappa shape index (κ2) is 3.87. The minimum atomic E-state index is -0.912. The van der Waals surface area contributed by atoms with Crippen molar-refractivity contribution in [3.8, 4) is 0 Å². The molecule has 0 bridgehead atoms. The number of nitrogens with two attached hydrogens (primary N) is 1. The summed E-state index contributed by atoms with van der Waals surface area (Å²) < 4.78 is 0. The minimum Gasteiger partial charge on any atom is -0.388 e. The molecular weight excluding hydrogens is 156 g/mol. The zero-order chi connectivity index (χ0) is 9.94. The minimum absolute atomic E-state index is 0.246. The number of nitrogens with one attached hydrogen (secondary N) is 1. The summed E-state index contributed by atoms with van der Waals surface area (Å²) in [5.41, 5.74) is 4.42. The highest BCUT2D eigenvalue weighted by atomic mass is 16.3. The molecule has 0 aromatic carbocycles. The van der Waals surface area contributed by atoms with Gasteiger partial charge in [-0.3, -0.25) is 4.79 Å². The van der Waals surface area contributed by atoms with Crippen LogP contribution in [0.2, 0.25) is 0 Å². The number of aliphatic hydroxyl groups is 1. The van der Waals surface area contributed by atoms with Gasteiger partial charge in [-0.2, -0.15) is 0 Å². The number of carbonyl (C=O) groups excluding carboxylic acids is 1. The van der Waals surface area contributed by atoms with Crippen LogP contribution >= 0.6 is 0 Å². The van der Waals surface area contributed by atoms with Crippen LogP contribution in [0, 0.1) is 0 Å². The quantitative estimate of drug-likeness (QED) is 0.545. The molecule has 0 aliphatic carbocycles. The third kappa shape index (κ3) is 3.69. The van der Waals surface area contributed by atoms with Gasteiger partial charge in [-0.1, -0.05) is 0 Å². The summed E-state index contributed by atoms with van der Waals surface area (Å²) >= 11 is 0. The van der Waals surface area contributed by atoms with E-state index in [0.29, 0.717) is 0 Å². The highest BCUT2D eigenvalue weighted by Gasteiger charge is 2.24. The van der Waals surface area contributed by atoms with Gasteiger partial charge in [0.25, 0.3) is 0 Å². The Morgan fingerprint density at radius 1 is 1.50 bits per heavy atom. The van der Waals surface area contributed by atoms with Gasteiger partial charge in [-0.25, -0.2) is 0 Å². The predicted molar refractivity (Wildman–Crippen MR) is 47.6 cm³/mol. The highest BCUT2D eigenvalue weighted by molar-refractivity contribution is 5.81. The molecule has 72 valence electrons. The third-order valence-corrected chi connectivity index (χ3v) is 1.83. The van der Waals surface area contributed by atoms with Gasteiger partial charge in [0.1, 0.15) is 0 Å². The van der Waals surface area contributed by atoms with Crippen LogP contribution in [0.25, 0.3) is 0 Å². The maximum Gasteiger partial charge on any atom is 0.236 e. The average Bonchev–Trinajstić information content (AvgIpc) is 1.85. The van der Waals surface area contributed by atoms with E-state index in [1.807, 2.05) is 0 Å². The summed E-state index contributed by atoms with van der Waals surface area (Å²) in [6.45, 7) is 6.62. The number of rotatable bonds is 3. The Hall–Kier alpha value is -0.610. The molecule has 0 radical (unpaired) electrons. The van der Waals surface area contributed by atoms with Crippen LogP contribution in [0.5, 0.6) is 0 Å². The summed E-state index contributed by atoms with van der Waals surface area (Å²) in [5.74, 6) is -0.246. The molecule has 0 fully saturated rings. The van der Waals surface area contributed by atoms with E-state index in [-0.39, 0.29) is 11.9 Å². The van der Waals surface area contributed by atoms with Crippen molar-refractivity contribution in [2.75, 3.05) is 0 Å². The maximum atomic E-state index is 11.1. The molecular formula is C8H18N2O2. The number of amides is 1. The van der Waals surface area contributed by atoms with Crippen molar-refractivity contribution < 1.29 is 9.90 Å². The largest absolute Gasteiger partial charge is 0.388 e. The molecule has 12 heavy (non-hydrogen) atoms. The van der Waals surface area contributed by atoms with Crippen LogP contribution in [0.3, 0.4) is 0 Å². The Balaban J connectivity index is 4.02. The topological polar surface area (TPSA) is 75.4 Å². The lowest BCUT2D eigenvalue weighted by atomic mass is 10.0. The van der Waals surface area contributed by atoms with Crippen molar-refractivity contribution in [2.24, 2.45) is 5.73 Å². The van der Waals surface area contributed by atoms with Crippen LogP contribution in [-0.2, 0) is 4.79 Å². The van der Waals surface area contributed by atoms with Crippen LogP contribution in [0.15, 0.2) is 0 Å². The molecule has 0 rings (SSSR count). The summed E-state index contributed by atoms with van der Waals surface area (Å²) in [7, 11) is 0. The van der Waals surface area contributed by atoms with E-state index in [1.165, 1.54) is 0 Å². The van der Waals surface area contributed by atoms with E-state index in [0.717, 1.165) is 0 Å². The Bertz CT molecular complexity index is 161. The molecule has 4 nitrogen and oxygen atoms in total. The average molecular weight is 174 g/mol. The van der Waals surface area contributed by atoms with E-state index in [4.69, 9.17) is 5.73 Å². The first-order valence-electron chi connectivity index (χ1n) is 4.03. The molecule has 0 aromatic rings. The van der Waals surface area contributed by atoms with Gasteiger partial charge in [0.2, 0.25) is 5.91 Å². The van der Waals surface area contributed by atoms with Gasteiger partial charge in [0.15, 0.2) is 0 Å². The van der Waals surface area contributed by atoms with Crippen molar-refractivity contribution in [1.82, 2.24) is 5.32 Å². The molecule has 0 heterocycles. The number of carbonyl (C=O) groups is 1. The molecule has 1 amide bonds. The van der Waals surface area contributed by atoms with E-state index in [2.05, 4.69) is 5.32 Å². The molecule has 0 aliphatic rings. The van der Waals surface area contributed by atoms with Crippen molar-refractivity contribution >= 4 is 5.91 Å². The molecule has 1 unspecified atom stereocenters. The normalized spacial score (nSPS) is 16.8. The molecule has 0 spiro atoms. The van der Waals surface area contributed by atoms with E-state index in [1.54, 1.807) is 27.7 Å². The van der Waals surface area contributed by atoms with Gasteiger partial charge in [0, 0.05) is 0 Å². The van der Waals surface area contributed by atoms with Crippen molar-refractivity contribution in [3.05, 3.63) is 0 Å². The molecule has 0 saturated carbocycles. The molecule has 4 N–H and O–H groups in total. The van der Waals surface area contributed by atoms with E-state index in [9.17, 15) is 9.90 Å². The number of hydrogen-bond acceptors (Lipinski definition) is 3. The smallest absolute Gasteiger partial charge is 0.236 e. The first-order valence-corrected chi connectivity index (χ1v) is 4.03. The zero-order valence-corrected chi connectivity index (χ0v) is 8.09. The first kappa shape index (κ1) is 11.4. The van der Waals surface area contributed by atoms with Gasteiger partial charge < -0.3 is 16.2 Å². The second-order valence-electron chi connectivity index (χ2n) is 3.67. The molecule has 0 aliphatic heterocycles. The lowest BCUT2D eigenvalue weighted by molar-refractivity contribution is -0.124. The SMILES string of the molecule is CC(NC(=O)[C@@H](C)N)C(C)(C)O. The lowest BCUT2D eigenvalue weighted by Crippen LogP contribution is -2.51. The van der Waals surface area contributed by atoms with Crippen molar-refractivity contribution in [3.63, 3.8) is 0 Å². The Morgan fingerprint density at radius 3 is 2.17 bits per heavy atom. The monoisotopic (exact) mass is 174 g/mol. The van der Waals surface area contributed by atoms with Crippen molar-refractivity contribution in [2.45, 2.75) is 45.4 Å². The Kier molecular flexibility index (Phi) is 3.67. The molecule has 0 aromatic heterocycles. The van der Waals surface area contributed by atoms with Crippen molar-refractivity contribution in [1.29, 1.82) is 0 Å². The summed E-state index contributed by atoms with van der Waals surface area (Å²) in [4.78, 5) is 11.1. The summed E-state index contributed by atoms with van der Waals surface area (Å²) in [6.07, 6.45) is 0. The fraction of sp³-hybridized carbons (Fsp3) is 0.875. The Labute approximate surface area is 73.1 Å². The fourth-order valence-corrected chi connectivity index (χ4v) is 0.521. The third-order valence-electron chi connectivity index (χ3n) is 1.83. The maximum absolute atomic E-state index is 11.1. The van der Waals surface area contributed by atoms with Gasteiger partial charge in [-0.15, -0.1) is 0 Å². The van der Waals surface area contributed by atoms with E-state index < -0.39 is 11.6 Å². The van der Waals surface area contributed by atoms with Crippen LogP contribution in [-0.4, -0.2) is 28.7 Å². The first-order chi connectivity index (χ1) is 5.25. The highest BCUT2D eigenvalue weighted by Crippen LogP contribution is 2.06. The van der Waals surface area contributed by atoms with Crippen LogP contribution in [0.1, 0.15) is 27.7 Å². The number of hydrogen-bond donors (Lipinski definition) is 3. The molecule has 4 heteroatoms. The molecule has 0 saturated heterocycles. The van der Waals surface area contributed by atoms with Gasteiger partial charge in [0.05, 0.1) is 17.7 Å². The zero-order valence-electron chi connectivity index (χ0n) is 8.09. The summed E-state index contributed by atoms with van der Waals surface area (Å²) in [6, 6.07) is -0.828. The lowest BCUT2D eigenvalue weighted by Gasteiger charge is -2.27. The van der Waals surface area contributed by atoms with Crippen LogP contribution in [0.4, 0.5) is 0 Å². The van der Waals surface area contributed by atoms with Gasteiger partial charge in [-0.05, 0) is 27.7 Å². The second-order valence-corrected chi connectivity index (χ2v) is 3.67. The van der Waals surface area contributed by atoms with E-state index >= 15 is 0 Å². The Morgan fingerprint density at radius 2 is 1.92 bits per heavy atom. The standard InChI is InChI=1S/C8H18N2O2/c1-5(9)7(11)10-6(2)8(3,4)12/h5-6,12H,9H2,1-4H3,(H,10,11)/t5-,6?/m1/s1. The fourth-order valence-electron chi connectivity index (χ4n) is 0.521. The van der Waals surface area contributed by atoms with Crippen LogP contribution < -0.4 is 11.1 Å². The van der Waals surface area contributed by atoms with Gasteiger partial charge >= 0.3 is 0 Å². The molecule has 2 atom stereocenters. The predicted octanol–water partition coefficient (Wildman–Crippen LogP) is -0.391.